The van der Waals surface area contributed by atoms with Crippen LogP contribution in [0.1, 0.15) is 29.5 Å². The molecule has 32 heavy (non-hydrogen) atoms. The number of benzene rings is 2. The number of aryl methyl sites for hydroxylation is 2. The monoisotopic (exact) mass is 451 g/mol. The second-order valence-electron chi connectivity index (χ2n) is 8.56. The third-order valence-corrected chi connectivity index (χ3v) is 8.15. The van der Waals surface area contributed by atoms with Crippen LogP contribution < -0.4 is 4.90 Å². The quantitative estimate of drug-likeness (QED) is 0.597. The van der Waals surface area contributed by atoms with Crippen molar-refractivity contribution in [1.82, 2.24) is 9.29 Å². The first kappa shape index (κ1) is 20.9. The molecule has 1 aromatic heterocycles. The Bertz CT molecular complexity index is 1310. The minimum Gasteiger partial charge on any atom is -0.444 e. The molecule has 5 rings (SSSR count). The number of carbonyl (C=O) groups is 1. The molecular weight excluding hydrogens is 426 g/mol. The summed E-state index contributed by atoms with van der Waals surface area (Å²) in [6, 6.07) is 12.9. The molecule has 0 unspecified atom stereocenters. The number of sulfonamides is 1. The van der Waals surface area contributed by atoms with Crippen molar-refractivity contribution in [1.29, 1.82) is 0 Å². The molecule has 0 aliphatic carbocycles. The maximum Gasteiger partial charge on any atom is 0.414 e. The largest absolute Gasteiger partial charge is 0.444 e. The first-order valence-corrected chi connectivity index (χ1v) is 12.2. The van der Waals surface area contributed by atoms with Gasteiger partial charge in [-0.2, -0.15) is 4.31 Å². The van der Waals surface area contributed by atoms with Gasteiger partial charge in [0.15, 0.2) is 0 Å². The van der Waals surface area contributed by atoms with Crippen molar-refractivity contribution in [2.24, 2.45) is 0 Å². The molecule has 3 aromatic rings. The number of aromatic nitrogens is 1. The van der Waals surface area contributed by atoms with Crippen LogP contribution in [0, 0.1) is 13.8 Å². The van der Waals surface area contributed by atoms with E-state index >= 15 is 0 Å². The Hall–Kier alpha value is -2.97. The number of ether oxygens (including phenoxy) is 1. The highest BCUT2D eigenvalue weighted by Gasteiger charge is 2.37. The molecule has 2 aliphatic heterocycles. The van der Waals surface area contributed by atoms with Crippen LogP contribution in [0.4, 0.5) is 10.5 Å². The van der Waals surface area contributed by atoms with Crippen molar-refractivity contribution in [3.8, 4) is 0 Å². The summed E-state index contributed by atoms with van der Waals surface area (Å²) in [5, 5.41) is 0.809. The van der Waals surface area contributed by atoms with Gasteiger partial charge in [0, 0.05) is 36.3 Å². The van der Waals surface area contributed by atoms with Crippen LogP contribution in [0.25, 0.3) is 10.9 Å². The Morgan fingerprint density at radius 2 is 1.78 bits per heavy atom. The molecular formula is C24H25N3O4S. The molecule has 8 heteroatoms. The lowest BCUT2D eigenvalue weighted by Gasteiger charge is -2.39. The number of cyclic esters (lactones) is 1. The first-order valence-electron chi connectivity index (χ1n) is 10.7. The van der Waals surface area contributed by atoms with Gasteiger partial charge in [0.1, 0.15) is 6.61 Å². The number of hydrogen-bond donors (Lipinski definition) is 0. The van der Waals surface area contributed by atoms with Crippen molar-refractivity contribution in [2.75, 3.05) is 18.0 Å². The number of piperidine rings is 1. The van der Waals surface area contributed by atoms with Crippen molar-refractivity contribution in [2.45, 2.75) is 44.2 Å². The molecule has 3 heterocycles. The summed E-state index contributed by atoms with van der Waals surface area (Å²) in [5.41, 5.74) is 4.72. The molecule has 1 amide bonds. The molecule has 0 saturated carbocycles. The second kappa shape index (κ2) is 7.86. The lowest BCUT2D eigenvalue weighted by Crippen LogP contribution is -2.50. The predicted molar refractivity (Wildman–Crippen MR) is 122 cm³/mol. The van der Waals surface area contributed by atoms with E-state index in [0.29, 0.717) is 25.9 Å². The number of hydrogen-bond acceptors (Lipinski definition) is 5. The van der Waals surface area contributed by atoms with Gasteiger partial charge in [-0.1, -0.05) is 17.7 Å². The maximum atomic E-state index is 13.3. The van der Waals surface area contributed by atoms with Crippen LogP contribution in [0.5, 0.6) is 0 Å². The molecule has 1 fully saturated rings. The van der Waals surface area contributed by atoms with Crippen LogP contribution in [-0.2, 0) is 21.4 Å². The number of anilines is 1. The SMILES string of the molecule is Cc1ccc2c(c1)COC(=O)N2C1CCN(S(=O)(=O)c2ccc3ncc(C)cc3c2)CC1. The Morgan fingerprint density at radius 3 is 2.56 bits per heavy atom. The highest BCUT2D eigenvalue weighted by Crippen LogP contribution is 2.33. The smallest absolute Gasteiger partial charge is 0.414 e. The summed E-state index contributed by atoms with van der Waals surface area (Å²) in [4.78, 5) is 18.9. The topological polar surface area (TPSA) is 79.8 Å². The van der Waals surface area contributed by atoms with E-state index in [1.54, 1.807) is 29.3 Å². The molecule has 2 aliphatic rings. The Labute approximate surface area is 187 Å². The van der Waals surface area contributed by atoms with E-state index in [9.17, 15) is 13.2 Å². The van der Waals surface area contributed by atoms with Crippen LogP contribution >= 0.6 is 0 Å². The number of carbonyl (C=O) groups excluding carboxylic acids is 1. The van der Waals surface area contributed by atoms with Gasteiger partial charge in [-0.25, -0.2) is 13.2 Å². The van der Waals surface area contributed by atoms with Gasteiger partial charge in [0.25, 0.3) is 0 Å². The van der Waals surface area contributed by atoms with Crippen molar-refractivity contribution in [3.63, 3.8) is 0 Å². The lowest BCUT2D eigenvalue weighted by atomic mass is 10.0. The number of nitrogens with zero attached hydrogens (tertiary/aromatic N) is 3. The summed E-state index contributed by atoms with van der Waals surface area (Å²) in [5.74, 6) is 0. The normalized spacial score (nSPS) is 17.9. The standard InChI is InChI=1S/C24H25N3O4S/c1-16-3-6-23-19(11-16)15-31-24(28)27(23)20-7-9-26(10-8-20)32(29,30)21-4-5-22-18(13-21)12-17(2)14-25-22/h3-6,11-14,20H,7-10,15H2,1-2H3. The average Bonchev–Trinajstić information content (AvgIpc) is 2.78. The summed E-state index contributed by atoms with van der Waals surface area (Å²) in [7, 11) is -3.63. The predicted octanol–water partition coefficient (Wildman–Crippen LogP) is 4.16. The fourth-order valence-corrected chi connectivity index (χ4v) is 6.09. The van der Waals surface area contributed by atoms with E-state index in [0.717, 1.165) is 33.3 Å². The number of fused-ring (bicyclic) bond motifs is 2. The highest BCUT2D eigenvalue weighted by molar-refractivity contribution is 7.89. The third kappa shape index (κ3) is 3.63. The molecule has 0 radical (unpaired) electrons. The summed E-state index contributed by atoms with van der Waals surface area (Å²) < 4.78 is 33.5. The third-order valence-electron chi connectivity index (χ3n) is 6.26. The molecule has 7 nitrogen and oxygen atoms in total. The summed E-state index contributed by atoms with van der Waals surface area (Å²) in [6.45, 7) is 4.91. The van der Waals surface area contributed by atoms with Crippen LogP contribution in [0.2, 0.25) is 0 Å². The Balaban J connectivity index is 1.36. The maximum absolute atomic E-state index is 13.3. The first-order chi connectivity index (χ1) is 15.3. The van der Waals surface area contributed by atoms with Crippen molar-refractivity contribution in [3.05, 3.63) is 65.4 Å². The zero-order valence-electron chi connectivity index (χ0n) is 18.1. The van der Waals surface area contributed by atoms with Gasteiger partial charge >= 0.3 is 6.09 Å². The van der Waals surface area contributed by atoms with Gasteiger partial charge in [0.2, 0.25) is 10.0 Å². The van der Waals surface area contributed by atoms with Gasteiger partial charge in [-0.05, 0) is 62.6 Å². The van der Waals surface area contributed by atoms with E-state index in [4.69, 9.17) is 4.74 Å². The summed E-state index contributed by atoms with van der Waals surface area (Å²) >= 11 is 0. The zero-order chi connectivity index (χ0) is 22.5. The van der Waals surface area contributed by atoms with Crippen LogP contribution in [0.15, 0.2) is 53.6 Å². The molecule has 2 aromatic carbocycles. The number of amides is 1. The van der Waals surface area contributed by atoms with Crippen molar-refractivity contribution < 1.29 is 17.9 Å². The Morgan fingerprint density at radius 1 is 1.00 bits per heavy atom. The average molecular weight is 452 g/mol. The number of pyridine rings is 1. The van der Waals surface area contributed by atoms with E-state index < -0.39 is 10.0 Å². The number of rotatable bonds is 3. The van der Waals surface area contributed by atoms with Crippen LogP contribution in [-0.4, -0.2) is 42.9 Å². The Kier molecular flexibility index (Phi) is 5.14. The van der Waals surface area contributed by atoms with Crippen molar-refractivity contribution >= 4 is 32.7 Å². The molecule has 0 atom stereocenters. The minimum absolute atomic E-state index is 0.0980. The van der Waals surface area contributed by atoms with Gasteiger partial charge in [-0.15, -0.1) is 0 Å². The molecule has 0 N–H and O–H groups in total. The second-order valence-corrected chi connectivity index (χ2v) is 10.5. The molecule has 0 bridgehead atoms. The minimum atomic E-state index is -3.63. The van der Waals surface area contributed by atoms with Gasteiger partial charge < -0.3 is 4.74 Å². The van der Waals surface area contributed by atoms with E-state index in [2.05, 4.69) is 4.98 Å². The molecule has 0 spiro atoms. The zero-order valence-corrected chi connectivity index (χ0v) is 18.9. The fraction of sp³-hybridized carbons (Fsp3) is 0.333. The molecule has 166 valence electrons. The van der Waals surface area contributed by atoms with E-state index in [1.165, 1.54) is 4.31 Å². The van der Waals surface area contributed by atoms with E-state index in [-0.39, 0.29) is 23.6 Å². The van der Waals surface area contributed by atoms with Gasteiger partial charge in [0.05, 0.1) is 16.1 Å². The fourth-order valence-electron chi connectivity index (χ4n) is 4.59. The van der Waals surface area contributed by atoms with Gasteiger partial charge in [-0.3, -0.25) is 9.88 Å². The van der Waals surface area contributed by atoms with E-state index in [1.807, 2.05) is 38.1 Å². The van der Waals surface area contributed by atoms with Crippen LogP contribution in [0.3, 0.4) is 0 Å². The molecule has 1 saturated heterocycles. The lowest BCUT2D eigenvalue weighted by molar-refractivity contribution is 0.135. The highest BCUT2D eigenvalue weighted by atomic mass is 32.2. The summed E-state index contributed by atoms with van der Waals surface area (Å²) in [6.07, 6.45) is 2.51.